The molecule has 1 heterocycles. The van der Waals surface area contributed by atoms with Crippen LogP contribution in [-0.2, 0) is 0 Å². The van der Waals surface area contributed by atoms with E-state index in [1.807, 2.05) is 25.1 Å². The van der Waals surface area contributed by atoms with Gasteiger partial charge in [-0.2, -0.15) is 0 Å². The van der Waals surface area contributed by atoms with Crippen molar-refractivity contribution in [1.29, 1.82) is 0 Å². The molecule has 0 unspecified atom stereocenters. The number of carbonyl (C=O) groups excluding carboxylic acids is 1. The average molecular weight is 296 g/mol. The van der Waals surface area contributed by atoms with E-state index in [-0.39, 0.29) is 5.91 Å². The van der Waals surface area contributed by atoms with Gasteiger partial charge in [0.2, 0.25) is 0 Å². The number of rotatable bonds is 2. The number of carbonyl (C=O) groups is 1. The van der Waals surface area contributed by atoms with E-state index in [4.69, 9.17) is 0 Å². The highest BCUT2D eigenvalue weighted by Crippen LogP contribution is 2.33. The predicted molar refractivity (Wildman–Crippen MR) is 87.8 cm³/mol. The molecular formula is C17H16N2OS. The van der Waals surface area contributed by atoms with Crippen molar-refractivity contribution in [3.8, 4) is 10.6 Å². The van der Waals surface area contributed by atoms with Crippen LogP contribution >= 0.6 is 11.3 Å². The zero-order chi connectivity index (χ0) is 15.0. The van der Waals surface area contributed by atoms with Gasteiger partial charge in [-0.25, -0.2) is 4.98 Å². The van der Waals surface area contributed by atoms with Crippen molar-refractivity contribution in [2.24, 2.45) is 0 Å². The van der Waals surface area contributed by atoms with Crippen molar-refractivity contribution >= 4 is 28.0 Å². The normalized spacial score (nSPS) is 10.8. The minimum absolute atomic E-state index is 0.0106. The maximum atomic E-state index is 12.2. The molecular weight excluding hydrogens is 280 g/mol. The Hall–Kier alpha value is -2.20. The van der Waals surface area contributed by atoms with Crippen LogP contribution in [0.4, 0.5) is 0 Å². The van der Waals surface area contributed by atoms with Crippen molar-refractivity contribution in [2.45, 2.75) is 6.92 Å². The van der Waals surface area contributed by atoms with Crippen LogP contribution in [0.25, 0.3) is 21.3 Å². The molecule has 0 aliphatic heterocycles. The fraction of sp³-hybridized carbons (Fsp3) is 0.176. The van der Waals surface area contributed by atoms with Gasteiger partial charge in [0, 0.05) is 19.7 Å². The van der Waals surface area contributed by atoms with Crippen molar-refractivity contribution in [1.82, 2.24) is 9.88 Å². The highest BCUT2D eigenvalue weighted by molar-refractivity contribution is 7.17. The van der Waals surface area contributed by atoms with Gasteiger partial charge in [-0.05, 0) is 17.7 Å². The molecule has 0 spiro atoms. The van der Waals surface area contributed by atoms with Crippen LogP contribution in [0.15, 0.2) is 42.5 Å². The molecule has 1 amide bonds. The van der Waals surface area contributed by atoms with Crippen molar-refractivity contribution in [2.75, 3.05) is 14.1 Å². The summed E-state index contributed by atoms with van der Waals surface area (Å²) in [5, 5.41) is 3.25. The summed E-state index contributed by atoms with van der Waals surface area (Å²) in [6, 6.07) is 14.4. The van der Waals surface area contributed by atoms with Gasteiger partial charge in [-0.15, -0.1) is 11.3 Å². The second-order valence-corrected chi connectivity index (χ2v) is 6.16. The lowest BCUT2D eigenvalue weighted by Gasteiger charge is -2.07. The molecule has 0 radical (unpaired) electrons. The molecule has 0 bridgehead atoms. The number of aryl methyl sites for hydroxylation is 1. The van der Waals surface area contributed by atoms with Crippen LogP contribution in [0.1, 0.15) is 15.4 Å². The van der Waals surface area contributed by atoms with Crippen LogP contribution in [0, 0.1) is 6.92 Å². The molecule has 1 aromatic heterocycles. The number of thiazole rings is 1. The maximum Gasteiger partial charge on any atom is 0.265 e. The first-order chi connectivity index (χ1) is 10.1. The molecule has 0 saturated carbocycles. The summed E-state index contributed by atoms with van der Waals surface area (Å²) in [6.07, 6.45) is 0. The molecule has 0 N–H and O–H groups in total. The number of hydrogen-bond acceptors (Lipinski definition) is 3. The van der Waals surface area contributed by atoms with Crippen LogP contribution in [0.5, 0.6) is 0 Å². The van der Waals surface area contributed by atoms with Crippen LogP contribution in [0.2, 0.25) is 0 Å². The molecule has 0 aliphatic rings. The Labute approximate surface area is 127 Å². The van der Waals surface area contributed by atoms with E-state index in [1.54, 1.807) is 19.0 Å². The summed E-state index contributed by atoms with van der Waals surface area (Å²) in [5.74, 6) is 0.0106. The fourth-order valence-corrected chi connectivity index (χ4v) is 3.45. The van der Waals surface area contributed by atoms with Gasteiger partial charge in [0.25, 0.3) is 5.91 Å². The Morgan fingerprint density at radius 2 is 1.81 bits per heavy atom. The lowest BCUT2D eigenvalue weighted by atomic mass is 10.1. The molecule has 4 heteroatoms. The van der Waals surface area contributed by atoms with E-state index in [0.29, 0.717) is 4.88 Å². The molecule has 0 aliphatic carbocycles. The Morgan fingerprint density at radius 3 is 2.57 bits per heavy atom. The lowest BCUT2D eigenvalue weighted by Crippen LogP contribution is -2.21. The Morgan fingerprint density at radius 1 is 1.10 bits per heavy atom. The van der Waals surface area contributed by atoms with Gasteiger partial charge < -0.3 is 4.90 Å². The highest BCUT2D eigenvalue weighted by Gasteiger charge is 2.18. The summed E-state index contributed by atoms with van der Waals surface area (Å²) in [5.41, 5.74) is 1.88. The van der Waals surface area contributed by atoms with E-state index in [0.717, 1.165) is 21.7 Å². The summed E-state index contributed by atoms with van der Waals surface area (Å²) in [7, 11) is 3.53. The van der Waals surface area contributed by atoms with Crippen LogP contribution in [-0.4, -0.2) is 29.9 Å². The van der Waals surface area contributed by atoms with E-state index in [1.165, 1.54) is 16.7 Å². The Bertz CT molecular complexity index is 815. The summed E-state index contributed by atoms with van der Waals surface area (Å²) in [4.78, 5) is 19.1. The number of fused-ring (bicyclic) bond motifs is 1. The van der Waals surface area contributed by atoms with Crippen molar-refractivity contribution < 1.29 is 4.79 Å². The molecule has 0 saturated heterocycles. The van der Waals surface area contributed by atoms with Gasteiger partial charge in [0.15, 0.2) is 0 Å². The number of nitrogens with zero attached hydrogens (tertiary/aromatic N) is 2. The van der Waals surface area contributed by atoms with Crippen LogP contribution < -0.4 is 0 Å². The third-order valence-electron chi connectivity index (χ3n) is 3.42. The number of hydrogen-bond donors (Lipinski definition) is 0. The largest absolute Gasteiger partial charge is 0.344 e. The van der Waals surface area contributed by atoms with Gasteiger partial charge >= 0.3 is 0 Å². The molecule has 0 atom stereocenters. The van der Waals surface area contributed by atoms with E-state index in [2.05, 4.69) is 29.2 Å². The van der Waals surface area contributed by atoms with Gasteiger partial charge in [-0.3, -0.25) is 4.79 Å². The SMILES string of the molecule is Cc1nc(-c2cccc3ccccc23)sc1C(=O)N(C)C. The zero-order valence-corrected chi connectivity index (χ0v) is 13.1. The van der Waals surface area contributed by atoms with Crippen molar-refractivity contribution in [3.63, 3.8) is 0 Å². The minimum atomic E-state index is 0.0106. The summed E-state index contributed by atoms with van der Waals surface area (Å²) >= 11 is 1.46. The number of benzene rings is 2. The Kier molecular flexibility index (Phi) is 3.47. The molecule has 3 aromatic rings. The van der Waals surface area contributed by atoms with Gasteiger partial charge in [0.1, 0.15) is 9.88 Å². The fourth-order valence-electron chi connectivity index (χ4n) is 2.33. The van der Waals surface area contributed by atoms with Crippen molar-refractivity contribution in [3.05, 3.63) is 53.0 Å². The summed E-state index contributed by atoms with van der Waals surface area (Å²) in [6.45, 7) is 1.89. The highest BCUT2D eigenvalue weighted by atomic mass is 32.1. The molecule has 2 aromatic carbocycles. The molecule has 106 valence electrons. The van der Waals surface area contributed by atoms with Gasteiger partial charge in [0.05, 0.1) is 5.69 Å². The minimum Gasteiger partial charge on any atom is -0.344 e. The lowest BCUT2D eigenvalue weighted by molar-refractivity contribution is 0.0831. The third kappa shape index (κ3) is 2.43. The summed E-state index contributed by atoms with van der Waals surface area (Å²) < 4.78 is 0. The Balaban J connectivity index is 2.16. The van der Waals surface area contributed by atoms with E-state index in [9.17, 15) is 4.79 Å². The average Bonchev–Trinajstić information content (AvgIpc) is 2.87. The monoisotopic (exact) mass is 296 g/mol. The van der Waals surface area contributed by atoms with E-state index < -0.39 is 0 Å². The maximum absolute atomic E-state index is 12.2. The predicted octanol–water partition coefficient (Wildman–Crippen LogP) is 3.97. The topological polar surface area (TPSA) is 33.2 Å². The third-order valence-corrected chi connectivity index (χ3v) is 4.60. The van der Waals surface area contributed by atoms with E-state index >= 15 is 0 Å². The molecule has 3 rings (SSSR count). The standard InChI is InChI=1S/C17H16N2OS/c1-11-15(17(20)19(2)3)21-16(18-11)14-10-6-8-12-7-4-5-9-13(12)14/h4-10H,1-3H3. The zero-order valence-electron chi connectivity index (χ0n) is 12.3. The second kappa shape index (κ2) is 5.30. The first-order valence-electron chi connectivity index (χ1n) is 6.75. The molecule has 3 nitrogen and oxygen atoms in total. The first-order valence-corrected chi connectivity index (χ1v) is 7.57. The molecule has 21 heavy (non-hydrogen) atoms. The first kappa shape index (κ1) is 13.8. The quantitative estimate of drug-likeness (QED) is 0.717. The second-order valence-electron chi connectivity index (χ2n) is 5.16. The number of aromatic nitrogens is 1. The molecule has 0 fully saturated rings. The van der Waals surface area contributed by atoms with Crippen LogP contribution in [0.3, 0.4) is 0 Å². The smallest absolute Gasteiger partial charge is 0.265 e. The van der Waals surface area contributed by atoms with Gasteiger partial charge in [-0.1, -0.05) is 42.5 Å². The number of amides is 1.